The van der Waals surface area contributed by atoms with Gasteiger partial charge in [0.1, 0.15) is 0 Å². The van der Waals surface area contributed by atoms with Crippen molar-refractivity contribution >= 4 is 0 Å². The van der Waals surface area contributed by atoms with Crippen LogP contribution >= 0.6 is 0 Å². The van der Waals surface area contributed by atoms with Crippen LogP contribution in [0.15, 0.2) is 24.3 Å². The Balaban J connectivity index is -0.000000220. The Kier molecular flexibility index (Phi) is 27.0. The van der Waals surface area contributed by atoms with Crippen molar-refractivity contribution in [1.82, 2.24) is 40.0 Å². The van der Waals surface area contributed by atoms with Gasteiger partial charge in [-0.2, -0.15) is 20.4 Å². The molecule has 0 saturated carbocycles. The number of aromatic nitrogens is 8. The normalized spacial score (nSPS) is 9.86. The van der Waals surface area contributed by atoms with Crippen molar-refractivity contribution in [2.45, 2.75) is 68.9 Å². The Morgan fingerprint density at radius 1 is 0.523 bits per heavy atom. The van der Waals surface area contributed by atoms with Crippen LogP contribution in [-0.2, 0) is 47.6 Å². The maximum atomic E-state index is 10.3. The number of aryl methyl sites for hydroxylation is 8. The summed E-state index contributed by atoms with van der Waals surface area (Å²) in [7, 11) is -9.89. The van der Waals surface area contributed by atoms with Crippen molar-refractivity contribution in [3.8, 4) is 0 Å². The summed E-state index contributed by atoms with van der Waals surface area (Å²) in [5.74, 6) is 0. The van der Waals surface area contributed by atoms with E-state index in [4.69, 9.17) is 37.3 Å². The minimum Gasteiger partial charge on any atom is -0.837 e. The molecule has 4 heterocycles. The molecule has 4 rings (SSSR count). The standard InChI is InChI=1S/2C6H9N2O.2C5H8N2.2ClHO4.2Cu/c2*1-5-3-6(2)8(4-9)7-5;2*1-4-3-5(2)7-6-4;2*2-1(3,4)5;;/h2*3H,4H2,1-2H3;2*3H,1-2H3,(H,6,7);2*(H,2,3,4,5);;/q2*-1;;;;;2*+2/p-2. The van der Waals surface area contributed by atoms with Crippen LogP contribution in [0.25, 0.3) is 0 Å². The molecule has 2 radical (unpaired) electrons. The van der Waals surface area contributed by atoms with Gasteiger partial charge in [0, 0.05) is 22.8 Å². The molecular formula is C22H34Cl2Cu2N8O10. The number of hydrogen-bond acceptors (Lipinski definition) is 14. The third kappa shape index (κ3) is 31.5. The molecule has 0 aliphatic heterocycles. The smallest absolute Gasteiger partial charge is 0.837 e. The average molecular weight is 769 g/mol. The van der Waals surface area contributed by atoms with E-state index in [0.717, 1.165) is 45.6 Å². The van der Waals surface area contributed by atoms with E-state index in [1.165, 1.54) is 9.36 Å². The fraction of sp³-hybridized carbons (Fsp3) is 0.455. The average Bonchev–Trinajstić information content (AvgIpc) is 3.56. The molecule has 0 atom stereocenters. The van der Waals surface area contributed by atoms with Gasteiger partial charge in [-0.15, -0.1) is 20.5 Å². The van der Waals surface area contributed by atoms with Gasteiger partial charge >= 0.3 is 34.1 Å². The summed E-state index contributed by atoms with van der Waals surface area (Å²) in [5.41, 5.74) is 8.03. The number of hydrogen-bond donors (Lipinski definition) is 2. The Bertz CT molecular complexity index is 1130. The molecule has 0 unspecified atom stereocenters. The van der Waals surface area contributed by atoms with Gasteiger partial charge in [0.25, 0.3) is 0 Å². The number of H-pyrrole nitrogens is 2. The van der Waals surface area contributed by atoms with Crippen molar-refractivity contribution in [2.75, 3.05) is 0 Å². The van der Waals surface area contributed by atoms with Crippen LogP contribution in [0.2, 0.25) is 0 Å². The van der Waals surface area contributed by atoms with E-state index >= 15 is 0 Å². The Labute approximate surface area is 279 Å². The van der Waals surface area contributed by atoms with Gasteiger partial charge < -0.3 is 10.2 Å². The summed E-state index contributed by atoms with van der Waals surface area (Å²) < 4.78 is 70.8. The minimum atomic E-state index is -4.94. The van der Waals surface area contributed by atoms with Crippen LogP contribution < -0.4 is 47.5 Å². The van der Waals surface area contributed by atoms with E-state index < -0.39 is 20.5 Å². The summed E-state index contributed by atoms with van der Waals surface area (Å²) in [4.78, 5) is 0. The molecule has 0 aromatic carbocycles. The monoisotopic (exact) mass is 766 g/mol. The van der Waals surface area contributed by atoms with Crippen LogP contribution in [0, 0.1) is 75.9 Å². The van der Waals surface area contributed by atoms with E-state index in [9.17, 15) is 10.2 Å². The zero-order valence-corrected chi connectivity index (χ0v) is 28.2. The van der Waals surface area contributed by atoms with Crippen LogP contribution in [0.1, 0.15) is 45.6 Å². The van der Waals surface area contributed by atoms with E-state index in [-0.39, 0.29) is 47.6 Å². The van der Waals surface area contributed by atoms with Gasteiger partial charge in [-0.05, 0) is 93.1 Å². The van der Waals surface area contributed by atoms with Crippen LogP contribution in [0.5, 0.6) is 0 Å². The van der Waals surface area contributed by atoms with Crippen molar-refractivity contribution in [1.29, 1.82) is 0 Å². The summed E-state index contributed by atoms with van der Waals surface area (Å²) in [6, 6.07) is 7.77. The molecule has 0 fully saturated rings. The second-order valence-electron chi connectivity index (χ2n) is 8.25. The first kappa shape index (κ1) is 49.0. The van der Waals surface area contributed by atoms with E-state index in [2.05, 4.69) is 30.6 Å². The molecule has 258 valence electrons. The SMILES string of the molecule is Cc1cc(C)[nH]n1.Cc1cc(C)[nH]n1.Cc1cc(C)n(C[O-])n1.Cc1cc(C)n(C[O-])n1.[Cu+2].[Cu+2].[O-][Cl+3]([O-])([O-])[O-].[O-][Cl+3]([O-])([O-])[O-]. The van der Waals surface area contributed by atoms with Crippen LogP contribution in [-0.4, -0.2) is 40.0 Å². The van der Waals surface area contributed by atoms with Gasteiger partial charge in [0.2, 0.25) is 0 Å². The summed E-state index contributed by atoms with van der Waals surface area (Å²) in [6.45, 7) is 14.8. The van der Waals surface area contributed by atoms with Gasteiger partial charge in [0.15, 0.2) is 0 Å². The van der Waals surface area contributed by atoms with Crippen molar-refractivity contribution < 1.29 is 102 Å². The first-order valence-electron chi connectivity index (χ1n) is 11.4. The zero-order chi connectivity index (χ0) is 33.3. The molecule has 2 N–H and O–H groups in total. The van der Waals surface area contributed by atoms with E-state index in [1.54, 1.807) is 0 Å². The van der Waals surface area contributed by atoms with Crippen molar-refractivity contribution in [2.24, 2.45) is 0 Å². The molecule has 0 spiro atoms. The predicted octanol–water partition coefficient (Wildman–Crippen LogP) is -7.83. The number of rotatable bonds is 2. The van der Waals surface area contributed by atoms with Crippen molar-refractivity contribution in [3.63, 3.8) is 0 Å². The second-order valence-corrected chi connectivity index (χ2v) is 9.76. The zero-order valence-electron chi connectivity index (χ0n) is 24.8. The van der Waals surface area contributed by atoms with E-state index in [1.807, 2.05) is 79.7 Å². The number of nitrogens with one attached hydrogen (secondary N) is 2. The third-order valence-electron chi connectivity index (χ3n) is 4.12. The number of halogens is 2. The molecule has 22 heteroatoms. The minimum absolute atomic E-state index is 0. The largest absolute Gasteiger partial charge is 2.00 e. The van der Waals surface area contributed by atoms with Gasteiger partial charge in [-0.3, -0.25) is 19.6 Å². The molecule has 44 heavy (non-hydrogen) atoms. The maximum Gasteiger partial charge on any atom is 2.00 e. The molecule has 0 saturated heterocycles. The summed E-state index contributed by atoms with van der Waals surface area (Å²) in [6.07, 6.45) is 0. The van der Waals surface area contributed by atoms with Gasteiger partial charge in [-0.25, -0.2) is 37.3 Å². The van der Waals surface area contributed by atoms with E-state index in [0.29, 0.717) is 0 Å². The van der Waals surface area contributed by atoms with Crippen molar-refractivity contribution in [3.05, 3.63) is 69.8 Å². The molecule has 0 aliphatic rings. The predicted molar refractivity (Wildman–Crippen MR) is 120 cm³/mol. The Morgan fingerprint density at radius 3 is 0.841 bits per heavy atom. The molecule has 0 bridgehead atoms. The molecule has 0 aliphatic carbocycles. The topological polar surface area (TPSA) is 324 Å². The first-order chi connectivity index (χ1) is 19.0. The fourth-order valence-electron chi connectivity index (χ4n) is 2.72. The Morgan fingerprint density at radius 2 is 0.773 bits per heavy atom. The second kappa shape index (κ2) is 24.3. The molecule has 18 nitrogen and oxygen atoms in total. The van der Waals surface area contributed by atoms with Crippen LogP contribution in [0.3, 0.4) is 0 Å². The quantitative estimate of drug-likeness (QED) is 0.179. The summed E-state index contributed by atoms with van der Waals surface area (Å²) >= 11 is 0. The molecular weight excluding hydrogens is 734 g/mol. The molecule has 4 aromatic heterocycles. The molecule has 0 amide bonds. The summed E-state index contributed by atoms with van der Waals surface area (Å²) in [5, 5.41) is 41.8. The third-order valence-corrected chi connectivity index (χ3v) is 4.12. The Hall–Kier alpha value is -1.94. The van der Waals surface area contributed by atoms with Crippen LogP contribution in [0.4, 0.5) is 0 Å². The van der Waals surface area contributed by atoms with Gasteiger partial charge in [0.05, 0.1) is 22.8 Å². The number of nitrogens with zero attached hydrogens (tertiary/aromatic N) is 6. The maximum absolute atomic E-state index is 10.3. The van der Waals surface area contributed by atoms with Gasteiger partial charge in [-0.1, -0.05) is 0 Å². The number of aromatic amines is 2. The first-order valence-corrected chi connectivity index (χ1v) is 13.9. The molecule has 4 aromatic rings. The fourth-order valence-corrected chi connectivity index (χ4v) is 2.72.